The van der Waals surface area contributed by atoms with E-state index in [2.05, 4.69) is 25.6 Å². The standard InChI is InChI=1S/C21H29NO2/c1-15-12-16(2)14-19(13-15)17(3)24-21(23)22-11-7-10-20(22)18-8-5-4-6-9-18/h4-6,8-9,16-17,19-20H,1,7,10-14H2,2-3H3. The van der Waals surface area contributed by atoms with Crippen molar-refractivity contribution in [2.75, 3.05) is 6.54 Å². The molecule has 1 aliphatic heterocycles. The summed E-state index contributed by atoms with van der Waals surface area (Å²) in [4.78, 5) is 14.6. The third-order valence-corrected chi connectivity index (χ3v) is 5.52. The maximum absolute atomic E-state index is 12.7. The molecular weight excluding hydrogens is 298 g/mol. The van der Waals surface area contributed by atoms with Gasteiger partial charge < -0.3 is 9.64 Å². The summed E-state index contributed by atoms with van der Waals surface area (Å²) in [5.41, 5.74) is 2.50. The van der Waals surface area contributed by atoms with Crippen molar-refractivity contribution in [2.45, 2.75) is 58.1 Å². The number of hydrogen-bond acceptors (Lipinski definition) is 2. The SMILES string of the molecule is C=C1CC(C)CC(C(C)OC(=O)N2CCCC2c2ccccc2)C1. The molecule has 1 aliphatic carbocycles. The third kappa shape index (κ3) is 3.82. The molecule has 0 spiro atoms. The van der Waals surface area contributed by atoms with Gasteiger partial charge in [-0.15, -0.1) is 0 Å². The van der Waals surface area contributed by atoms with E-state index >= 15 is 0 Å². The summed E-state index contributed by atoms with van der Waals surface area (Å²) in [6.45, 7) is 9.25. The molecule has 0 N–H and O–H groups in total. The van der Waals surface area contributed by atoms with Gasteiger partial charge in [0.05, 0.1) is 6.04 Å². The summed E-state index contributed by atoms with van der Waals surface area (Å²) in [6.07, 6.45) is 5.08. The van der Waals surface area contributed by atoms with Crippen molar-refractivity contribution in [3.63, 3.8) is 0 Å². The van der Waals surface area contributed by atoms with Crippen LogP contribution >= 0.6 is 0 Å². The lowest BCUT2D eigenvalue weighted by atomic mass is 9.78. The van der Waals surface area contributed by atoms with E-state index < -0.39 is 0 Å². The highest BCUT2D eigenvalue weighted by molar-refractivity contribution is 5.69. The van der Waals surface area contributed by atoms with Gasteiger partial charge in [-0.1, -0.05) is 49.4 Å². The van der Waals surface area contributed by atoms with Crippen LogP contribution in [0.3, 0.4) is 0 Å². The van der Waals surface area contributed by atoms with Crippen LogP contribution in [0.5, 0.6) is 0 Å². The van der Waals surface area contributed by atoms with Crippen LogP contribution in [0.1, 0.15) is 57.6 Å². The highest BCUT2D eigenvalue weighted by Gasteiger charge is 2.34. The molecule has 1 aromatic carbocycles. The Morgan fingerprint density at radius 2 is 2.04 bits per heavy atom. The van der Waals surface area contributed by atoms with Gasteiger partial charge >= 0.3 is 6.09 Å². The molecule has 3 rings (SSSR count). The van der Waals surface area contributed by atoms with Crippen LogP contribution in [-0.2, 0) is 4.74 Å². The number of hydrogen-bond donors (Lipinski definition) is 0. The van der Waals surface area contributed by atoms with Crippen molar-refractivity contribution in [1.82, 2.24) is 4.90 Å². The van der Waals surface area contributed by atoms with Gasteiger partial charge in [-0.2, -0.15) is 0 Å². The fourth-order valence-corrected chi connectivity index (χ4v) is 4.32. The summed E-state index contributed by atoms with van der Waals surface area (Å²) >= 11 is 0. The number of likely N-dealkylation sites (tertiary alicyclic amines) is 1. The number of amides is 1. The molecule has 1 aromatic rings. The van der Waals surface area contributed by atoms with Crippen molar-refractivity contribution in [2.24, 2.45) is 11.8 Å². The van der Waals surface area contributed by atoms with Gasteiger partial charge in [-0.05, 0) is 56.4 Å². The molecule has 0 bridgehead atoms. The molecule has 24 heavy (non-hydrogen) atoms. The van der Waals surface area contributed by atoms with Crippen LogP contribution in [0.15, 0.2) is 42.5 Å². The molecule has 4 unspecified atom stereocenters. The van der Waals surface area contributed by atoms with E-state index in [1.54, 1.807) is 0 Å². The molecule has 0 radical (unpaired) electrons. The van der Waals surface area contributed by atoms with E-state index in [1.165, 1.54) is 11.1 Å². The molecule has 3 nitrogen and oxygen atoms in total. The zero-order valence-electron chi connectivity index (χ0n) is 14.9. The van der Waals surface area contributed by atoms with Gasteiger partial charge in [0.1, 0.15) is 6.10 Å². The number of carbonyl (C=O) groups is 1. The van der Waals surface area contributed by atoms with Crippen molar-refractivity contribution >= 4 is 6.09 Å². The summed E-state index contributed by atoms with van der Waals surface area (Å²) in [5.74, 6) is 1.05. The second-order valence-corrected chi connectivity index (χ2v) is 7.61. The molecule has 1 heterocycles. The summed E-state index contributed by atoms with van der Waals surface area (Å²) in [7, 11) is 0. The zero-order chi connectivity index (χ0) is 17.1. The maximum Gasteiger partial charge on any atom is 0.410 e. The van der Waals surface area contributed by atoms with Gasteiger partial charge in [0, 0.05) is 6.54 Å². The first kappa shape index (κ1) is 17.1. The normalized spacial score (nSPS) is 28.7. The number of nitrogens with zero attached hydrogens (tertiary/aromatic N) is 1. The van der Waals surface area contributed by atoms with E-state index in [4.69, 9.17) is 4.74 Å². The predicted octanol–water partition coefficient (Wildman–Crippen LogP) is 5.34. The Morgan fingerprint density at radius 1 is 1.29 bits per heavy atom. The Labute approximate surface area is 145 Å². The largest absolute Gasteiger partial charge is 0.446 e. The zero-order valence-corrected chi connectivity index (χ0v) is 14.9. The quantitative estimate of drug-likeness (QED) is 0.701. The van der Waals surface area contributed by atoms with Crippen molar-refractivity contribution < 1.29 is 9.53 Å². The lowest BCUT2D eigenvalue weighted by Gasteiger charge is -2.34. The number of carbonyl (C=O) groups excluding carboxylic acids is 1. The topological polar surface area (TPSA) is 29.5 Å². The first-order valence-electron chi connectivity index (χ1n) is 9.23. The van der Waals surface area contributed by atoms with Crippen LogP contribution in [0.2, 0.25) is 0 Å². The predicted molar refractivity (Wildman–Crippen MR) is 96.7 cm³/mol. The van der Waals surface area contributed by atoms with Crippen LogP contribution in [0, 0.1) is 11.8 Å². The third-order valence-electron chi connectivity index (χ3n) is 5.52. The van der Waals surface area contributed by atoms with Gasteiger partial charge in [0.25, 0.3) is 0 Å². The first-order chi connectivity index (χ1) is 11.5. The summed E-state index contributed by atoms with van der Waals surface area (Å²) in [5, 5.41) is 0. The van der Waals surface area contributed by atoms with Crippen molar-refractivity contribution in [3.8, 4) is 0 Å². The Morgan fingerprint density at radius 3 is 2.75 bits per heavy atom. The Hall–Kier alpha value is -1.77. The second kappa shape index (κ2) is 7.42. The van der Waals surface area contributed by atoms with Crippen molar-refractivity contribution in [1.29, 1.82) is 0 Å². The Bertz CT molecular complexity index is 583. The molecule has 1 saturated heterocycles. The Balaban J connectivity index is 1.62. The molecule has 3 heteroatoms. The molecular formula is C21H29NO2. The minimum atomic E-state index is -0.155. The van der Waals surface area contributed by atoms with E-state index in [0.29, 0.717) is 11.8 Å². The van der Waals surface area contributed by atoms with Crippen LogP contribution in [0.4, 0.5) is 4.79 Å². The average Bonchev–Trinajstić information content (AvgIpc) is 3.04. The molecule has 4 atom stereocenters. The minimum absolute atomic E-state index is 0.0472. The van der Waals surface area contributed by atoms with Crippen molar-refractivity contribution in [3.05, 3.63) is 48.0 Å². The van der Waals surface area contributed by atoms with E-state index in [1.807, 2.05) is 30.0 Å². The molecule has 2 aliphatic rings. The van der Waals surface area contributed by atoms with Gasteiger partial charge in [0.2, 0.25) is 0 Å². The molecule has 0 aromatic heterocycles. The molecule has 130 valence electrons. The Kier molecular flexibility index (Phi) is 5.27. The van der Waals surface area contributed by atoms with E-state index in [-0.39, 0.29) is 18.2 Å². The second-order valence-electron chi connectivity index (χ2n) is 7.61. The van der Waals surface area contributed by atoms with E-state index in [9.17, 15) is 4.79 Å². The fraction of sp³-hybridized carbons (Fsp3) is 0.571. The lowest BCUT2D eigenvalue weighted by molar-refractivity contribution is 0.0312. The van der Waals surface area contributed by atoms with Gasteiger partial charge in [-0.25, -0.2) is 4.79 Å². The highest BCUT2D eigenvalue weighted by atomic mass is 16.6. The monoisotopic (exact) mass is 327 g/mol. The van der Waals surface area contributed by atoms with Crippen LogP contribution < -0.4 is 0 Å². The number of benzene rings is 1. The number of rotatable bonds is 3. The average molecular weight is 327 g/mol. The number of allylic oxidation sites excluding steroid dienone is 1. The van der Waals surface area contributed by atoms with Gasteiger partial charge in [-0.3, -0.25) is 0 Å². The van der Waals surface area contributed by atoms with E-state index in [0.717, 1.165) is 38.6 Å². The maximum atomic E-state index is 12.7. The number of ether oxygens (including phenoxy) is 1. The highest BCUT2D eigenvalue weighted by Crippen LogP contribution is 2.36. The molecule has 2 fully saturated rings. The first-order valence-corrected chi connectivity index (χ1v) is 9.23. The molecule has 1 amide bonds. The van der Waals surface area contributed by atoms with Crippen LogP contribution in [-0.4, -0.2) is 23.6 Å². The minimum Gasteiger partial charge on any atom is -0.446 e. The summed E-state index contributed by atoms with van der Waals surface area (Å²) in [6, 6.07) is 10.5. The smallest absolute Gasteiger partial charge is 0.410 e. The summed E-state index contributed by atoms with van der Waals surface area (Å²) < 4.78 is 5.87. The van der Waals surface area contributed by atoms with Crippen LogP contribution in [0.25, 0.3) is 0 Å². The lowest BCUT2D eigenvalue weighted by Crippen LogP contribution is -2.36. The van der Waals surface area contributed by atoms with Gasteiger partial charge in [0.15, 0.2) is 0 Å². The molecule has 1 saturated carbocycles. The fourth-order valence-electron chi connectivity index (χ4n) is 4.32.